The van der Waals surface area contributed by atoms with E-state index < -0.39 is 0 Å². The number of benzene rings is 2. The fraction of sp³-hybridized carbons (Fsp3) is 0.370. The van der Waals surface area contributed by atoms with Gasteiger partial charge in [0.05, 0.1) is 29.0 Å². The second-order valence-electron chi connectivity index (χ2n) is 9.30. The molecule has 194 valence electrons. The number of hydrogen-bond donors (Lipinski definition) is 0. The van der Waals surface area contributed by atoms with Crippen LogP contribution in [0.1, 0.15) is 38.3 Å². The molecule has 5 nitrogen and oxygen atoms in total. The first-order chi connectivity index (χ1) is 17.0. The predicted octanol–water partition coefficient (Wildman–Crippen LogP) is 8.55. The molecule has 0 atom stereocenters. The van der Waals surface area contributed by atoms with Crippen LogP contribution < -0.4 is 14.2 Å². The van der Waals surface area contributed by atoms with Crippen molar-refractivity contribution >= 4 is 46.4 Å². The third kappa shape index (κ3) is 7.48. The molecule has 0 aliphatic heterocycles. The summed E-state index contributed by atoms with van der Waals surface area (Å²) >= 11 is 23.8. The van der Waals surface area contributed by atoms with Crippen molar-refractivity contribution in [1.82, 2.24) is 9.78 Å². The predicted molar refractivity (Wildman–Crippen MR) is 149 cm³/mol. The molecule has 2 aromatic carbocycles. The molecule has 0 fully saturated rings. The second kappa shape index (κ2) is 12.5. The summed E-state index contributed by atoms with van der Waals surface area (Å²) in [6.07, 6.45) is 2.14. The Morgan fingerprint density at radius 3 is 2.17 bits per heavy atom. The quantitative estimate of drug-likeness (QED) is 0.229. The van der Waals surface area contributed by atoms with Gasteiger partial charge in [-0.2, -0.15) is 0 Å². The number of aromatic nitrogens is 2. The van der Waals surface area contributed by atoms with Gasteiger partial charge in [-0.25, -0.2) is 0 Å². The third-order valence-electron chi connectivity index (χ3n) is 5.50. The summed E-state index contributed by atoms with van der Waals surface area (Å²) in [6.45, 7) is 9.64. The van der Waals surface area contributed by atoms with E-state index in [1.165, 1.54) is 11.6 Å². The molecule has 1 heterocycles. The molecule has 0 radical (unpaired) electrons. The van der Waals surface area contributed by atoms with E-state index in [4.69, 9.17) is 60.6 Å². The summed E-state index contributed by atoms with van der Waals surface area (Å²) < 4.78 is 19.2. The SMILES string of the molecule is Cc1c(OCCCOc2c(Cl)cc(OCC=C(Cl)Cl)cc2Cl)nn(C)c1-c1ccc(C(C)(C)C)cc1. The molecule has 3 rings (SSSR count). The lowest BCUT2D eigenvalue weighted by molar-refractivity contribution is 0.240. The van der Waals surface area contributed by atoms with Crippen LogP contribution in [0.3, 0.4) is 0 Å². The molecule has 0 aliphatic carbocycles. The van der Waals surface area contributed by atoms with E-state index in [-0.39, 0.29) is 16.5 Å². The summed E-state index contributed by atoms with van der Waals surface area (Å²) in [6, 6.07) is 11.9. The lowest BCUT2D eigenvalue weighted by Gasteiger charge is -2.19. The van der Waals surface area contributed by atoms with Gasteiger partial charge in [0.15, 0.2) is 5.75 Å². The van der Waals surface area contributed by atoms with Gasteiger partial charge >= 0.3 is 0 Å². The van der Waals surface area contributed by atoms with Crippen molar-refractivity contribution < 1.29 is 14.2 Å². The molecule has 3 aromatic rings. The molecular weight excluding hydrogens is 542 g/mol. The monoisotopic (exact) mass is 570 g/mol. The Labute approximate surface area is 232 Å². The molecule has 0 N–H and O–H groups in total. The Morgan fingerprint density at radius 2 is 1.58 bits per heavy atom. The first kappa shape index (κ1) is 28.5. The van der Waals surface area contributed by atoms with Crippen LogP contribution in [0.5, 0.6) is 17.4 Å². The van der Waals surface area contributed by atoms with E-state index in [0.717, 1.165) is 16.8 Å². The Kier molecular flexibility index (Phi) is 9.87. The fourth-order valence-electron chi connectivity index (χ4n) is 3.63. The first-order valence-corrected chi connectivity index (χ1v) is 13.0. The normalized spacial score (nSPS) is 11.4. The number of ether oxygens (including phenoxy) is 3. The van der Waals surface area contributed by atoms with Gasteiger partial charge in [0, 0.05) is 36.7 Å². The van der Waals surface area contributed by atoms with Crippen molar-refractivity contribution in [2.45, 2.75) is 39.5 Å². The zero-order valence-electron chi connectivity index (χ0n) is 21.0. The highest BCUT2D eigenvalue weighted by Crippen LogP contribution is 2.37. The molecular formula is C27H30Cl4N2O3. The standard InChI is InChI=1S/C27H30Cl4N2O3/c1-17-24(18-7-9-19(10-8-18)27(2,3)4)33(5)32-26(17)36-13-6-12-35-25-21(28)15-20(16-22(25)29)34-14-11-23(30)31/h7-11,15-16H,6,12-14H2,1-5H3. The molecule has 0 aliphatic rings. The van der Waals surface area contributed by atoms with E-state index in [2.05, 4.69) is 50.1 Å². The molecule has 0 saturated carbocycles. The van der Waals surface area contributed by atoms with Gasteiger partial charge in [0.25, 0.3) is 0 Å². The van der Waals surface area contributed by atoms with E-state index in [0.29, 0.717) is 47.1 Å². The molecule has 0 spiro atoms. The van der Waals surface area contributed by atoms with Crippen LogP contribution in [0, 0.1) is 6.92 Å². The molecule has 9 heteroatoms. The van der Waals surface area contributed by atoms with Crippen molar-refractivity contribution in [3.8, 4) is 28.6 Å². The summed E-state index contributed by atoms with van der Waals surface area (Å²) in [7, 11) is 1.92. The fourth-order valence-corrected chi connectivity index (χ4v) is 4.34. The van der Waals surface area contributed by atoms with Gasteiger partial charge < -0.3 is 14.2 Å². The van der Waals surface area contributed by atoms with Crippen LogP contribution in [0.25, 0.3) is 11.3 Å². The highest BCUT2D eigenvalue weighted by atomic mass is 35.5. The van der Waals surface area contributed by atoms with Gasteiger partial charge in [-0.05, 0) is 24.0 Å². The van der Waals surface area contributed by atoms with E-state index >= 15 is 0 Å². The first-order valence-electron chi connectivity index (χ1n) is 11.5. The largest absolute Gasteiger partial charge is 0.490 e. The average molecular weight is 572 g/mol. The zero-order chi connectivity index (χ0) is 26.5. The lowest BCUT2D eigenvalue weighted by atomic mass is 9.86. The summed E-state index contributed by atoms with van der Waals surface area (Å²) in [5, 5.41) is 5.26. The molecule has 0 unspecified atom stereocenters. The maximum absolute atomic E-state index is 6.32. The number of nitrogens with zero attached hydrogens (tertiary/aromatic N) is 2. The minimum atomic E-state index is 0.108. The van der Waals surface area contributed by atoms with Crippen LogP contribution in [0.15, 0.2) is 47.0 Å². The van der Waals surface area contributed by atoms with Crippen molar-refractivity contribution in [2.24, 2.45) is 7.05 Å². The Bertz CT molecular complexity index is 1190. The second-order valence-corrected chi connectivity index (χ2v) is 11.1. The third-order valence-corrected chi connectivity index (χ3v) is 6.37. The Morgan fingerprint density at radius 1 is 0.972 bits per heavy atom. The topological polar surface area (TPSA) is 45.5 Å². The van der Waals surface area contributed by atoms with Crippen LogP contribution in [0.4, 0.5) is 0 Å². The Balaban J connectivity index is 1.55. The van der Waals surface area contributed by atoms with E-state index in [1.54, 1.807) is 12.1 Å². The average Bonchev–Trinajstić information content (AvgIpc) is 3.07. The van der Waals surface area contributed by atoms with Crippen LogP contribution in [0.2, 0.25) is 10.0 Å². The van der Waals surface area contributed by atoms with Crippen LogP contribution in [-0.4, -0.2) is 29.6 Å². The van der Waals surface area contributed by atoms with Crippen molar-refractivity contribution in [3.63, 3.8) is 0 Å². The molecule has 1 aromatic heterocycles. The maximum Gasteiger partial charge on any atom is 0.236 e. The van der Waals surface area contributed by atoms with Gasteiger partial charge in [0.2, 0.25) is 5.88 Å². The minimum Gasteiger partial charge on any atom is -0.490 e. The van der Waals surface area contributed by atoms with Crippen molar-refractivity contribution in [1.29, 1.82) is 0 Å². The lowest BCUT2D eigenvalue weighted by Crippen LogP contribution is -2.10. The minimum absolute atomic E-state index is 0.108. The van der Waals surface area contributed by atoms with Crippen molar-refractivity contribution in [2.75, 3.05) is 19.8 Å². The molecule has 0 bridgehead atoms. The summed E-state index contributed by atoms with van der Waals surface area (Å²) in [5.41, 5.74) is 4.53. The summed E-state index contributed by atoms with van der Waals surface area (Å²) in [4.78, 5) is 0. The smallest absolute Gasteiger partial charge is 0.236 e. The number of rotatable bonds is 10. The number of aryl methyl sites for hydroxylation is 1. The number of halogens is 4. The molecule has 0 saturated heterocycles. The number of hydrogen-bond acceptors (Lipinski definition) is 4. The maximum atomic E-state index is 6.32. The summed E-state index contributed by atoms with van der Waals surface area (Å²) in [5.74, 6) is 1.49. The molecule has 0 amide bonds. The zero-order valence-corrected chi connectivity index (χ0v) is 24.0. The van der Waals surface area contributed by atoms with Crippen LogP contribution >= 0.6 is 46.4 Å². The van der Waals surface area contributed by atoms with Crippen molar-refractivity contribution in [3.05, 3.63) is 68.1 Å². The Hall–Kier alpha value is -2.05. The van der Waals surface area contributed by atoms with Gasteiger partial charge in [-0.15, -0.1) is 5.10 Å². The highest BCUT2D eigenvalue weighted by Gasteiger charge is 2.18. The van der Waals surface area contributed by atoms with Gasteiger partial charge in [0.1, 0.15) is 16.8 Å². The van der Waals surface area contributed by atoms with Gasteiger partial charge in [-0.1, -0.05) is 91.4 Å². The van der Waals surface area contributed by atoms with Gasteiger partial charge in [-0.3, -0.25) is 4.68 Å². The highest BCUT2D eigenvalue weighted by molar-refractivity contribution is 6.55. The van der Waals surface area contributed by atoms with E-state index in [9.17, 15) is 0 Å². The molecule has 36 heavy (non-hydrogen) atoms. The van der Waals surface area contributed by atoms with Crippen LogP contribution in [-0.2, 0) is 12.5 Å². The van der Waals surface area contributed by atoms with E-state index in [1.807, 2.05) is 18.7 Å².